The highest BCUT2D eigenvalue weighted by Gasteiger charge is 2.28. The van der Waals surface area contributed by atoms with E-state index in [1.54, 1.807) is 7.11 Å². The molecule has 7 nitrogen and oxygen atoms in total. The summed E-state index contributed by atoms with van der Waals surface area (Å²) in [5, 5.41) is 3.98. The Bertz CT molecular complexity index is 1090. The van der Waals surface area contributed by atoms with Gasteiger partial charge in [0.25, 0.3) is 0 Å². The maximum Gasteiger partial charge on any atom is 0.245 e. The van der Waals surface area contributed by atoms with E-state index < -0.39 is 6.04 Å². The van der Waals surface area contributed by atoms with Gasteiger partial charge in [0, 0.05) is 63.2 Å². The Morgan fingerprint density at radius 3 is 2.61 bits per heavy atom. The lowest BCUT2D eigenvalue weighted by Gasteiger charge is -2.27. The van der Waals surface area contributed by atoms with Gasteiger partial charge in [0.05, 0.1) is 7.11 Å². The minimum atomic E-state index is -0.574. The molecule has 3 aromatic rings. The molecule has 1 saturated heterocycles. The number of rotatable bonds is 7. The zero-order chi connectivity index (χ0) is 23.2. The summed E-state index contributed by atoms with van der Waals surface area (Å²) in [6.07, 6.45) is 3.31. The third-order valence-electron chi connectivity index (χ3n) is 6.24. The third-order valence-corrected chi connectivity index (χ3v) is 6.24. The summed E-state index contributed by atoms with van der Waals surface area (Å²) < 4.78 is 5.24. The molecule has 0 spiro atoms. The van der Waals surface area contributed by atoms with E-state index in [0.29, 0.717) is 19.5 Å². The van der Waals surface area contributed by atoms with Gasteiger partial charge < -0.3 is 19.9 Å². The summed E-state index contributed by atoms with van der Waals surface area (Å²) in [5.41, 5.74) is 3.30. The molecule has 1 fully saturated rings. The minimum Gasteiger partial charge on any atom is -0.497 e. The van der Waals surface area contributed by atoms with E-state index in [0.717, 1.165) is 48.3 Å². The number of carbonyl (C=O) groups is 2. The highest BCUT2D eigenvalue weighted by Crippen LogP contribution is 2.20. The van der Waals surface area contributed by atoms with Crippen molar-refractivity contribution in [3.05, 3.63) is 65.9 Å². The van der Waals surface area contributed by atoms with Crippen LogP contribution in [0.3, 0.4) is 0 Å². The van der Waals surface area contributed by atoms with Crippen molar-refractivity contribution >= 4 is 22.7 Å². The minimum absolute atomic E-state index is 0.0122. The van der Waals surface area contributed by atoms with Gasteiger partial charge in [0.1, 0.15) is 11.8 Å². The van der Waals surface area contributed by atoms with Crippen molar-refractivity contribution < 1.29 is 14.3 Å². The molecule has 1 aliphatic heterocycles. The molecule has 1 aromatic heterocycles. The second-order valence-electron chi connectivity index (χ2n) is 8.62. The van der Waals surface area contributed by atoms with Crippen LogP contribution in [-0.4, -0.2) is 65.9 Å². The van der Waals surface area contributed by atoms with E-state index in [1.165, 1.54) is 12.5 Å². The van der Waals surface area contributed by atoms with Gasteiger partial charge in [-0.1, -0.05) is 30.3 Å². The Morgan fingerprint density at radius 1 is 1.06 bits per heavy atom. The zero-order valence-corrected chi connectivity index (χ0v) is 19.3. The lowest BCUT2D eigenvalue weighted by molar-refractivity contribution is -0.136. The predicted molar refractivity (Wildman–Crippen MR) is 129 cm³/mol. The van der Waals surface area contributed by atoms with Crippen LogP contribution in [0.15, 0.2) is 54.7 Å². The highest BCUT2D eigenvalue weighted by molar-refractivity contribution is 5.89. The molecule has 7 heteroatoms. The van der Waals surface area contributed by atoms with Crippen molar-refractivity contribution in [1.82, 2.24) is 20.1 Å². The van der Waals surface area contributed by atoms with Gasteiger partial charge in [-0.05, 0) is 35.7 Å². The molecule has 0 aliphatic carbocycles. The smallest absolute Gasteiger partial charge is 0.245 e. The van der Waals surface area contributed by atoms with Crippen LogP contribution >= 0.6 is 0 Å². The van der Waals surface area contributed by atoms with E-state index in [1.807, 2.05) is 47.5 Å². The molecule has 0 saturated carbocycles. The average molecular weight is 449 g/mol. The standard InChI is InChI=1S/C26H32N4O3/c1-19(31)28-25(16-21-17-27-24-7-4-3-6-23(21)24)26(32)30-13-5-12-29(14-15-30)18-20-8-10-22(33-2)11-9-20/h3-4,6-11,17,25,27H,5,12-16,18H2,1-2H3,(H,28,31)/t25-/m0/s1. The normalized spacial score (nSPS) is 15.8. The largest absolute Gasteiger partial charge is 0.497 e. The molecule has 2 N–H and O–H groups in total. The number of hydrogen-bond donors (Lipinski definition) is 2. The number of hydrogen-bond acceptors (Lipinski definition) is 4. The maximum absolute atomic E-state index is 13.5. The van der Waals surface area contributed by atoms with Crippen molar-refractivity contribution in [2.45, 2.75) is 32.4 Å². The number of methoxy groups -OCH3 is 1. The first-order valence-electron chi connectivity index (χ1n) is 11.5. The quantitative estimate of drug-likeness (QED) is 0.583. The van der Waals surface area contributed by atoms with E-state index in [4.69, 9.17) is 4.74 Å². The van der Waals surface area contributed by atoms with Crippen LogP contribution in [0, 0.1) is 0 Å². The van der Waals surface area contributed by atoms with Crippen LogP contribution in [0.25, 0.3) is 10.9 Å². The van der Waals surface area contributed by atoms with Crippen LogP contribution in [0.2, 0.25) is 0 Å². The molecule has 2 aromatic carbocycles. The van der Waals surface area contributed by atoms with E-state index in [9.17, 15) is 9.59 Å². The fourth-order valence-electron chi connectivity index (χ4n) is 4.52. The summed E-state index contributed by atoms with van der Waals surface area (Å²) in [7, 11) is 1.67. The van der Waals surface area contributed by atoms with Gasteiger partial charge in [0.2, 0.25) is 11.8 Å². The first kappa shape index (κ1) is 22.9. The topological polar surface area (TPSA) is 77.7 Å². The molecule has 0 bridgehead atoms. The molecule has 33 heavy (non-hydrogen) atoms. The molecule has 4 rings (SSSR count). The number of fused-ring (bicyclic) bond motifs is 1. The van der Waals surface area contributed by atoms with Crippen LogP contribution in [0.4, 0.5) is 0 Å². The fourth-order valence-corrected chi connectivity index (χ4v) is 4.52. The number of amides is 2. The summed E-state index contributed by atoms with van der Waals surface area (Å²) in [6, 6.07) is 15.6. The van der Waals surface area contributed by atoms with Crippen LogP contribution in [0.5, 0.6) is 5.75 Å². The molecule has 1 atom stereocenters. The number of aromatic nitrogens is 1. The monoisotopic (exact) mass is 448 g/mol. The lowest BCUT2D eigenvalue weighted by atomic mass is 10.0. The number of H-pyrrole nitrogens is 1. The molecule has 0 unspecified atom stereocenters. The van der Waals surface area contributed by atoms with Gasteiger partial charge in [-0.3, -0.25) is 14.5 Å². The number of carbonyl (C=O) groups excluding carboxylic acids is 2. The summed E-state index contributed by atoms with van der Waals surface area (Å²) >= 11 is 0. The number of nitrogens with one attached hydrogen (secondary N) is 2. The van der Waals surface area contributed by atoms with Crippen LogP contribution in [0.1, 0.15) is 24.5 Å². The Kier molecular flexibility index (Phi) is 7.29. The molecule has 2 amide bonds. The first-order valence-corrected chi connectivity index (χ1v) is 11.5. The van der Waals surface area contributed by atoms with E-state index >= 15 is 0 Å². The Morgan fingerprint density at radius 2 is 1.85 bits per heavy atom. The summed E-state index contributed by atoms with van der Waals surface area (Å²) in [5.74, 6) is 0.650. The summed E-state index contributed by atoms with van der Waals surface area (Å²) in [6.45, 7) is 5.40. The number of aromatic amines is 1. The fraction of sp³-hybridized carbons (Fsp3) is 0.385. The predicted octanol–water partition coefficient (Wildman–Crippen LogP) is 2.96. The molecule has 0 radical (unpaired) electrons. The van der Waals surface area contributed by atoms with Gasteiger partial charge in [-0.15, -0.1) is 0 Å². The lowest BCUT2D eigenvalue weighted by Crippen LogP contribution is -2.50. The summed E-state index contributed by atoms with van der Waals surface area (Å²) in [4.78, 5) is 32.9. The highest BCUT2D eigenvalue weighted by atomic mass is 16.5. The van der Waals surface area contributed by atoms with Gasteiger partial charge in [-0.2, -0.15) is 0 Å². The second-order valence-corrected chi connectivity index (χ2v) is 8.62. The van der Waals surface area contributed by atoms with Crippen LogP contribution in [-0.2, 0) is 22.6 Å². The van der Waals surface area contributed by atoms with Crippen molar-refractivity contribution in [1.29, 1.82) is 0 Å². The van der Waals surface area contributed by atoms with E-state index in [2.05, 4.69) is 27.3 Å². The number of nitrogens with zero attached hydrogens (tertiary/aromatic N) is 2. The van der Waals surface area contributed by atoms with Crippen molar-refractivity contribution in [3.8, 4) is 5.75 Å². The third kappa shape index (κ3) is 5.73. The van der Waals surface area contributed by atoms with Gasteiger partial charge in [0.15, 0.2) is 0 Å². The zero-order valence-electron chi connectivity index (χ0n) is 19.3. The molecule has 1 aliphatic rings. The van der Waals surface area contributed by atoms with Gasteiger partial charge >= 0.3 is 0 Å². The van der Waals surface area contributed by atoms with Crippen molar-refractivity contribution in [3.63, 3.8) is 0 Å². The van der Waals surface area contributed by atoms with Crippen molar-refractivity contribution in [2.24, 2.45) is 0 Å². The average Bonchev–Trinajstić information content (AvgIpc) is 3.08. The molecule has 174 valence electrons. The Balaban J connectivity index is 1.41. The molecular weight excluding hydrogens is 416 g/mol. The number of para-hydroxylation sites is 1. The Hall–Kier alpha value is -3.32. The second kappa shape index (κ2) is 10.5. The van der Waals surface area contributed by atoms with Crippen LogP contribution < -0.4 is 10.1 Å². The molecular formula is C26H32N4O3. The number of benzene rings is 2. The maximum atomic E-state index is 13.5. The van der Waals surface area contributed by atoms with Crippen molar-refractivity contribution in [2.75, 3.05) is 33.3 Å². The number of ether oxygens (including phenoxy) is 1. The van der Waals surface area contributed by atoms with E-state index in [-0.39, 0.29) is 11.8 Å². The SMILES string of the molecule is COc1ccc(CN2CCCN(C(=O)[C@H](Cc3c[nH]c4ccccc34)NC(C)=O)CC2)cc1. The molecule has 2 heterocycles. The first-order chi connectivity index (χ1) is 16.0. The van der Waals surface area contributed by atoms with Gasteiger partial charge in [-0.25, -0.2) is 0 Å². The Labute approximate surface area is 194 Å².